The van der Waals surface area contributed by atoms with Crippen molar-refractivity contribution in [3.8, 4) is 6.07 Å². The average molecular weight is 461 g/mol. The third-order valence-corrected chi connectivity index (χ3v) is 7.35. The minimum atomic E-state index is -0.370. The molecule has 0 atom stereocenters. The van der Waals surface area contributed by atoms with Crippen LogP contribution in [0.3, 0.4) is 0 Å². The summed E-state index contributed by atoms with van der Waals surface area (Å²) in [6.07, 6.45) is 5.14. The number of carbonyl (C=O) groups is 1. The van der Waals surface area contributed by atoms with Gasteiger partial charge in [0, 0.05) is 49.7 Å². The third kappa shape index (κ3) is 5.31. The molecule has 4 rings (SSSR count). The molecule has 0 bridgehead atoms. The van der Waals surface area contributed by atoms with Crippen LogP contribution in [-0.2, 0) is 6.54 Å². The average Bonchev–Trinajstić information content (AvgIpc) is 3.37. The highest BCUT2D eigenvalue weighted by Crippen LogP contribution is 2.32. The van der Waals surface area contributed by atoms with E-state index in [9.17, 15) is 14.4 Å². The molecule has 1 saturated carbocycles. The second kappa shape index (κ2) is 10.4. The lowest BCUT2D eigenvalue weighted by Gasteiger charge is -2.39. The Balaban J connectivity index is 1.41. The maximum atomic E-state index is 14.5. The zero-order chi connectivity index (χ0) is 24.2. The first-order chi connectivity index (χ1) is 16.4. The smallest absolute Gasteiger partial charge is 0.255 e. The van der Waals surface area contributed by atoms with Crippen molar-refractivity contribution in [3.63, 3.8) is 0 Å². The summed E-state index contributed by atoms with van der Waals surface area (Å²) in [6, 6.07) is 10.0. The lowest BCUT2D eigenvalue weighted by atomic mass is 10.0. The molecule has 6 heteroatoms. The van der Waals surface area contributed by atoms with Crippen molar-refractivity contribution in [2.45, 2.75) is 46.1 Å². The number of rotatable bonds is 6. The van der Waals surface area contributed by atoms with Crippen molar-refractivity contribution < 1.29 is 9.18 Å². The van der Waals surface area contributed by atoms with Crippen LogP contribution in [0.4, 0.5) is 10.1 Å². The fourth-order valence-corrected chi connectivity index (χ4v) is 5.06. The second-order valence-electron chi connectivity index (χ2n) is 9.57. The van der Waals surface area contributed by atoms with Crippen LogP contribution in [0.1, 0.15) is 58.3 Å². The van der Waals surface area contributed by atoms with Gasteiger partial charge in [0.15, 0.2) is 0 Å². The van der Waals surface area contributed by atoms with Gasteiger partial charge >= 0.3 is 0 Å². The highest BCUT2D eigenvalue weighted by Gasteiger charge is 2.25. The van der Waals surface area contributed by atoms with Gasteiger partial charge in [0.25, 0.3) is 5.91 Å². The summed E-state index contributed by atoms with van der Waals surface area (Å²) < 4.78 is 14.5. The summed E-state index contributed by atoms with van der Waals surface area (Å²) in [6.45, 7) is 12.5. The lowest BCUT2D eigenvalue weighted by molar-refractivity contribution is 0.102. The van der Waals surface area contributed by atoms with Crippen molar-refractivity contribution >= 4 is 11.6 Å². The van der Waals surface area contributed by atoms with Crippen LogP contribution in [0.2, 0.25) is 0 Å². The number of nitriles is 1. The largest absolute Gasteiger partial charge is 0.372 e. The minimum Gasteiger partial charge on any atom is -0.372 e. The Morgan fingerprint density at radius 2 is 1.85 bits per heavy atom. The number of nitrogens with one attached hydrogen (secondary N) is 1. The predicted octanol–water partition coefficient (Wildman–Crippen LogP) is 5.39. The van der Waals surface area contributed by atoms with Crippen molar-refractivity contribution in [2.24, 2.45) is 5.92 Å². The van der Waals surface area contributed by atoms with Crippen LogP contribution in [0.15, 0.2) is 42.6 Å². The van der Waals surface area contributed by atoms with Crippen LogP contribution in [0.25, 0.3) is 0 Å². The van der Waals surface area contributed by atoms with Crippen molar-refractivity contribution in [1.29, 1.82) is 5.26 Å². The first kappa shape index (κ1) is 24.0. The monoisotopic (exact) mass is 460 g/mol. The zero-order valence-corrected chi connectivity index (χ0v) is 20.2. The van der Waals surface area contributed by atoms with Gasteiger partial charge < -0.3 is 10.2 Å². The van der Waals surface area contributed by atoms with E-state index in [2.05, 4.69) is 27.8 Å². The Bertz CT molecular complexity index is 1120. The molecule has 0 aromatic heterocycles. The maximum absolute atomic E-state index is 14.5. The molecule has 0 unspecified atom stereocenters. The molecule has 1 heterocycles. The van der Waals surface area contributed by atoms with Crippen LogP contribution < -0.4 is 5.32 Å². The summed E-state index contributed by atoms with van der Waals surface area (Å²) in [5.74, 6) is -0.0816. The molecule has 1 amide bonds. The standard InChI is InChI=1S/C28H33FN4O/c1-19-8-9-23(14-24(19)17-30)28(34)31-27-16-26(29)15-25(20(27)2)18-32-10-12-33(13-11-32)21(3)22-6-4-5-7-22/h8-9,14-16,22H,3-7,10-13,18H2,1-2H3,(H,31,34). The Morgan fingerprint density at radius 3 is 2.53 bits per heavy atom. The Labute approximate surface area is 201 Å². The molecule has 1 aliphatic carbocycles. The molecule has 5 nitrogen and oxygen atoms in total. The molecule has 0 radical (unpaired) electrons. The molecular formula is C28H33FN4O. The van der Waals surface area contributed by atoms with Crippen LogP contribution in [-0.4, -0.2) is 41.9 Å². The van der Waals surface area contributed by atoms with E-state index < -0.39 is 0 Å². The van der Waals surface area contributed by atoms with Gasteiger partial charge in [-0.15, -0.1) is 0 Å². The van der Waals surface area contributed by atoms with E-state index in [4.69, 9.17) is 0 Å². The molecule has 2 aliphatic rings. The number of amides is 1. The molecule has 178 valence electrons. The number of halogens is 1. The van der Waals surface area contributed by atoms with Crippen molar-refractivity contribution in [3.05, 3.63) is 76.2 Å². The maximum Gasteiger partial charge on any atom is 0.255 e. The van der Waals surface area contributed by atoms with Gasteiger partial charge in [0.2, 0.25) is 0 Å². The van der Waals surface area contributed by atoms with Gasteiger partial charge in [-0.25, -0.2) is 4.39 Å². The molecule has 0 spiro atoms. The van der Waals surface area contributed by atoms with E-state index in [-0.39, 0.29) is 11.7 Å². The number of hydrogen-bond acceptors (Lipinski definition) is 4. The number of piperazine rings is 1. The quantitative estimate of drug-likeness (QED) is 0.628. The van der Waals surface area contributed by atoms with Crippen LogP contribution >= 0.6 is 0 Å². The SMILES string of the molecule is C=C(C1CCCC1)N1CCN(Cc2cc(F)cc(NC(=O)c3ccc(C)c(C#N)c3)c2C)CC1. The first-order valence-electron chi connectivity index (χ1n) is 12.1. The Hall–Kier alpha value is -3.17. The molecule has 34 heavy (non-hydrogen) atoms. The molecule has 1 aliphatic heterocycles. The van der Waals surface area contributed by atoms with Gasteiger partial charge in [-0.2, -0.15) is 5.26 Å². The predicted molar refractivity (Wildman–Crippen MR) is 133 cm³/mol. The molecule has 2 aromatic carbocycles. The summed E-state index contributed by atoms with van der Waals surface area (Å²) >= 11 is 0. The van der Waals surface area contributed by atoms with Gasteiger partial charge in [-0.05, 0) is 73.6 Å². The Morgan fingerprint density at radius 1 is 1.15 bits per heavy atom. The van der Waals surface area contributed by atoms with Crippen LogP contribution in [0.5, 0.6) is 0 Å². The van der Waals surface area contributed by atoms with Crippen molar-refractivity contribution in [1.82, 2.24) is 9.80 Å². The lowest BCUT2D eigenvalue weighted by Crippen LogP contribution is -2.46. The molecule has 2 fully saturated rings. The topological polar surface area (TPSA) is 59.4 Å². The number of carbonyl (C=O) groups excluding carboxylic acids is 1. The highest BCUT2D eigenvalue weighted by atomic mass is 19.1. The number of hydrogen-bond donors (Lipinski definition) is 1. The van der Waals surface area contributed by atoms with Gasteiger partial charge in [0.1, 0.15) is 5.82 Å². The Kier molecular flexibility index (Phi) is 7.33. The second-order valence-corrected chi connectivity index (χ2v) is 9.57. The third-order valence-electron chi connectivity index (χ3n) is 7.35. The fraction of sp³-hybridized carbons (Fsp3) is 0.429. The summed E-state index contributed by atoms with van der Waals surface area (Å²) in [7, 11) is 0. The van der Waals surface area contributed by atoms with E-state index in [1.165, 1.54) is 37.4 Å². The summed E-state index contributed by atoms with van der Waals surface area (Å²) in [5.41, 5.74) is 5.15. The number of aryl methyl sites for hydroxylation is 1. The number of allylic oxidation sites excluding steroid dienone is 1. The summed E-state index contributed by atoms with van der Waals surface area (Å²) in [5, 5.41) is 12.1. The molecular weight excluding hydrogens is 427 g/mol. The van der Waals surface area contributed by atoms with E-state index in [0.717, 1.165) is 42.9 Å². The van der Waals surface area contributed by atoms with E-state index in [1.54, 1.807) is 24.3 Å². The van der Waals surface area contributed by atoms with Gasteiger partial charge in [-0.3, -0.25) is 9.69 Å². The van der Waals surface area contributed by atoms with Crippen molar-refractivity contribution in [2.75, 3.05) is 31.5 Å². The zero-order valence-electron chi connectivity index (χ0n) is 20.2. The fourth-order valence-electron chi connectivity index (χ4n) is 5.06. The van der Waals surface area contributed by atoms with E-state index in [1.807, 2.05) is 13.8 Å². The van der Waals surface area contributed by atoms with Gasteiger partial charge in [0.05, 0.1) is 11.6 Å². The number of benzene rings is 2. The first-order valence-corrected chi connectivity index (χ1v) is 12.1. The molecule has 1 saturated heterocycles. The number of anilines is 1. The highest BCUT2D eigenvalue weighted by molar-refractivity contribution is 6.05. The number of nitrogens with zero attached hydrogens (tertiary/aromatic N) is 3. The van der Waals surface area contributed by atoms with Gasteiger partial charge in [-0.1, -0.05) is 25.5 Å². The molecule has 2 aromatic rings. The summed E-state index contributed by atoms with van der Waals surface area (Å²) in [4.78, 5) is 17.6. The minimum absolute atomic E-state index is 0.352. The van der Waals surface area contributed by atoms with Crippen LogP contribution in [0, 0.1) is 36.9 Å². The normalized spacial score (nSPS) is 16.9. The van der Waals surface area contributed by atoms with E-state index in [0.29, 0.717) is 29.3 Å². The van der Waals surface area contributed by atoms with E-state index >= 15 is 0 Å². The molecule has 1 N–H and O–H groups in total.